The zero-order valence-electron chi connectivity index (χ0n) is 17.3. The van der Waals surface area contributed by atoms with E-state index in [0.717, 1.165) is 10.9 Å². The average Bonchev–Trinajstić information content (AvgIpc) is 3.44. The standard InChI is InChI=1S/C21H16ClF3N6O2/c1-10-8-12(5-6-15(10)23)18-29-21(33-30-18)11(2)28-20(32)13-9-27-31(16(13)17(24)25)19-14(22)4-3-7-26-19/h3-9,11,17H,1-2H3,(H,28,32). The lowest BCUT2D eigenvalue weighted by molar-refractivity contribution is 0.0916. The number of amides is 1. The predicted octanol–water partition coefficient (Wildman–Crippen LogP) is 4.85. The highest BCUT2D eigenvalue weighted by Crippen LogP contribution is 2.28. The molecule has 3 aromatic heterocycles. The van der Waals surface area contributed by atoms with E-state index in [2.05, 4.69) is 25.5 Å². The Hall–Kier alpha value is -3.73. The van der Waals surface area contributed by atoms with Gasteiger partial charge >= 0.3 is 0 Å². The maximum atomic E-state index is 13.8. The highest BCUT2D eigenvalue weighted by atomic mass is 35.5. The lowest BCUT2D eigenvalue weighted by Gasteiger charge is -2.11. The van der Waals surface area contributed by atoms with Crippen molar-refractivity contribution >= 4 is 17.5 Å². The Morgan fingerprint density at radius 3 is 2.76 bits per heavy atom. The molecular formula is C21H16ClF3N6O2. The molecule has 0 radical (unpaired) electrons. The number of aryl methyl sites for hydroxylation is 1. The van der Waals surface area contributed by atoms with Crippen LogP contribution >= 0.6 is 11.6 Å². The number of rotatable bonds is 6. The van der Waals surface area contributed by atoms with Crippen LogP contribution in [-0.4, -0.2) is 30.8 Å². The maximum absolute atomic E-state index is 13.8. The van der Waals surface area contributed by atoms with Gasteiger partial charge in [-0.2, -0.15) is 10.1 Å². The first kappa shape index (κ1) is 22.5. The molecule has 1 aromatic carbocycles. The third-order valence-electron chi connectivity index (χ3n) is 4.77. The average molecular weight is 477 g/mol. The lowest BCUT2D eigenvalue weighted by atomic mass is 10.1. The van der Waals surface area contributed by atoms with E-state index in [1.807, 2.05) is 0 Å². The Morgan fingerprint density at radius 1 is 1.27 bits per heavy atom. The van der Waals surface area contributed by atoms with Gasteiger partial charge in [-0.3, -0.25) is 4.79 Å². The van der Waals surface area contributed by atoms with Gasteiger partial charge in [0, 0.05) is 11.8 Å². The van der Waals surface area contributed by atoms with Crippen LogP contribution in [0.1, 0.15) is 46.9 Å². The predicted molar refractivity (Wildman–Crippen MR) is 112 cm³/mol. The molecule has 1 atom stereocenters. The smallest absolute Gasteiger partial charge is 0.281 e. The molecule has 0 bridgehead atoms. The number of nitrogens with zero attached hydrogens (tertiary/aromatic N) is 5. The summed E-state index contributed by atoms with van der Waals surface area (Å²) in [5.74, 6) is -0.990. The zero-order valence-corrected chi connectivity index (χ0v) is 18.0. The minimum absolute atomic E-state index is 0.0299. The molecule has 8 nitrogen and oxygen atoms in total. The van der Waals surface area contributed by atoms with E-state index in [9.17, 15) is 18.0 Å². The second-order valence-corrected chi connectivity index (χ2v) is 7.49. The van der Waals surface area contributed by atoms with Gasteiger partial charge in [0.15, 0.2) is 5.82 Å². The molecule has 0 saturated heterocycles. The highest BCUT2D eigenvalue weighted by Gasteiger charge is 2.28. The van der Waals surface area contributed by atoms with Gasteiger partial charge in [0.25, 0.3) is 12.3 Å². The molecule has 12 heteroatoms. The third-order valence-corrected chi connectivity index (χ3v) is 5.07. The van der Waals surface area contributed by atoms with Gasteiger partial charge < -0.3 is 9.84 Å². The number of nitrogens with one attached hydrogen (secondary N) is 1. The Kier molecular flexibility index (Phi) is 6.14. The van der Waals surface area contributed by atoms with Crippen molar-refractivity contribution in [3.8, 4) is 17.2 Å². The number of hydrogen-bond donors (Lipinski definition) is 1. The van der Waals surface area contributed by atoms with Crippen LogP contribution in [0, 0.1) is 12.7 Å². The summed E-state index contributed by atoms with van der Waals surface area (Å²) >= 11 is 6.04. The Balaban J connectivity index is 1.57. The fourth-order valence-electron chi connectivity index (χ4n) is 3.09. The number of aromatic nitrogens is 5. The van der Waals surface area contributed by atoms with Crippen LogP contribution in [0.3, 0.4) is 0 Å². The molecule has 4 rings (SSSR count). The number of carbonyl (C=O) groups excluding carboxylic acids is 1. The highest BCUT2D eigenvalue weighted by molar-refractivity contribution is 6.32. The molecule has 1 N–H and O–H groups in total. The third kappa shape index (κ3) is 4.44. The number of benzene rings is 1. The Morgan fingerprint density at radius 2 is 2.06 bits per heavy atom. The second kappa shape index (κ2) is 9.02. The fraction of sp³-hybridized carbons (Fsp3) is 0.190. The molecule has 4 aromatic rings. The lowest BCUT2D eigenvalue weighted by Crippen LogP contribution is -2.27. The quantitative estimate of drug-likeness (QED) is 0.427. The van der Waals surface area contributed by atoms with Crippen LogP contribution in [0.2, 0.25) is 5.02 Å². The van der Waals surface area contributed by atoms with Gasteiger partial charge in [0.1, 0.15) is 17.6 Å². The monoisotopic (exact) mass is 476 g/mol. The number of carbonyl (C=O) groups is 1. The molecule has 1 amide bonds. The van der Waals surface area contributed by atoms with E-state index in [-0.39, 0.29) is 33.9 Å². The van der Waals surface area contributed by atoms with Crippen molar-refractivity contribution in [2.75, 3.05) is 0 Å². The number of hydrogen-bond acceptors (Lipinski definition) is 6. The topological polar surface area (TPSA) is 98.7 Å². The van der Waals surface area contributed by atoms with E-state index in [0.29, 0.717) is 11.1 Å². The van der Waals surface area contributed by atoms with Gasteiger partial charge in [-0.05, 0) is 49.7 Å². The molecule has 0 aliphatic rings. The van der Waals surface area contributed by atoms with Crippen molar-refractivity contribution in [2.45, 2.75) is 26.3 Å². The minimum Gasteiger partial charge on any atom is -0.340 e. The Labute approximate surface area is 190 Å². The first-order chi connectivity index (χ1) is 15.8. The zero-order chi connectivity index (χ0) is 23.7. The van der Waals surface area contributed by atoms with Crippen molar-refractivity contribution in [3.05, 3.63) is 76.3 Å². The van der Waals surface area contributed by atoms with Crippen molar-refractivity contribution in [2.24, 2.45) is 0 Å². The number of pyridine rings is 1. The molecule has 0 aliphatic carbocycles. The van der Waals surface area contributed by atoms with Crippen LogP contribution in [0.4, 0.5) is 13.2 Å². The summed E-state index contributed by atoms with van der Waals surface area (Å²) < 4.78 is 47.2. The fourth-order valence-corrected chi connectivity index (χ4v) is 3.29. The largest absolute Gasteiger partial charge is 0.340 e. The summed E-state index contributed by atoms with van der Waals surface area (Å²) in [5.41, 5.74) is -0.0820. The minimum atomic E-state index is -3.03. The summed E-state index contributed by atoms with van der Waals surface area (Å²) in [7, 11) is 0. The van der Waals surface area contributed by atoms with Crippen molar-refractivity contribution in [3.63, 3.8) is 0 Å². The molecule has 0 spiro atoms. The van der Waals surface area contributed by atoms with Crippen molar-refractivity contribution in [1.29, 1.82) is 0 Å². The molecule has 0 fully saturated rings. The summed E-state index contributed by atoms with van der Waals surface area (Å²) in [6.45, 7) is 3.15. The summed E-state index contributed by atoms with van der Waals surface area (Å²) in [6, 6.07) is 6.53. The van der Waals surface area contributed by atoms with Gasteiger partial charge in [-0.1, -0.05) is 16.8 Å². The van der Waals surface area contributed by atoms with Gasteiger partial charge in [-0.15, -0.1) is 0 Å². The van der Waals surface area contributed by atoms with E-state index < -0.39 is 24.1 Å². The van der Waals surface area contributed by atoms with Crippen LogP contribution < -0.4 is 5.32 Å². The number of alkyl halides is 2. The molecule has 33 heavy (non-hydrogen) atoms. The molecule has 0 saturated carbocycles. The van der Waals surface area contributed by atoms with E-state index in [1.54, 1.807) is 26.0 Å². The molecule has 170 valence electrons. The normalized spacial score (nSPS) is 12.2. The van der Waals surface area contributed by atoms with Crippen molar-refractivity contribution in [1.82, 2.24) is 30.2 Å². The van der Waals surface area contributed by atoms with Gasteiger partial charge in [-0.25, -0.2) is 22.8 Å². The van der Waals surface area contributed by atoms with Crippen molar-refractivity contribution < 1.29 is 22.5 Å². The van der Waals surface area contributed by atoms with Crippen LogP contribution in [-0.2, 0) is 0 Å². The van der Waals surface area contributed by atoms with Crippen LogP contribution in [0.15, 0.2) is 47.2 Å². The van der Waals surface area contributed by atoms with Crippen LogP contribution in [0.5, 0.6) is 0 Å². The van der Waals surface area contributed by atoms with E-state index >= 15 is 0 Å². The van der Waals surface area contributed by atoms with Crippen LogP contribution in [0.25, 0.3) is 17.2 Å². The summed E-state index contributed by atoms with van der Waals surface area (Å²) in [6.07, 6.45) is -0.650. The first-order valence-corrected chi connectivity index (χ1v) is 10.0. The van der Waals surface area contributed by atoms with Gasteiger partial charge in [0.2, 0.25) is 11.7 Å². The maximum Gasteiger partial charge on any atom is 0.281 e. The number of halogens is 4. The molecular weight excluding hydrogens is 461 g/mol. The second-order valence-electron chi connectivity index (χ2n) is 7.08. The van der Waals surface area contributed by atoms with E-state index in [1.165, 1.54) is 24.4 Å². The SMILES string of the molecule is Cc1cc(-c2noc(C(C)NC(=O)c3cnn(-c4ncccc4Cl)c3C(F)F)n2)ccc1F. The molecule has 0 aliphatic heterocycles. The van der Waals surface area contributed by atoms with Gasteiger partial charge in [0.05, 0.1) is 16.8 Å². The Bertz CT molecular complexity index is 1320. The summed E-state index contributed by atoms with van der Waals surface area (Å²) in [5, 5.41) is 10.3. The van der Waals surface area contributed by atoms with E-state index in [4.69, 9.17) is 16.1 Å². The first-order valence-electron chi connectivity index (χ1n) is 9.64. The molecule has 1 unspecified atom stereocenters. The molecule has 3 heterocycles. The summed E-state index contributed by atoms with van der Waals surface area (Å²) in [4.78, 5) is 20.9.